The van der Waals surface area contributed by atoms with Crippen molar-refractivity contribution in [1.82, 2.24) is 5.32 Å². The van der Waals surface area contributed by atoms with Gasteiger partial charge in [0.25, 0.3) is 5.91 Å². The molecule has 1 aliphatic carbocycles. The van der Waals surface area contributed by atoms with Gasteiger partial charge in [-0.25, -0.2) is 0 Å². The molecule has 2 aromatic rings. The number of amides is 1. The fourth-order valence-electron chi connectivity index (χ4n) is 4.99. The van der Waals surface area contributed by atoms with Gasteiger partial charge in [-0.1, -0.05) is 0 Å². The van der Waals surface area contributed by atoms with E-state index in [0.717, 1.165) is 50.2 Å². The molecule has 35 heavy (non-hydrogen) atoms. The summed E-state index contributed by atoms with van der Waals surface area (Å²) in [5.41, 5.74) is -1.81. The van der Waals surface area contributed by atoms with Gasteiger partial charge >= 0.3 is 6.18 Å². The number of nitrogens with zero attached hydrogens (tertiary/aromatic N) is 3. The molecule has 2 aromatic carbocycles. The predicted molar refractivity (Wildman–Crippen MR) is 128 cm³/mol. The van der Waals surface area contributed by atoms with Crippen molar-refractivity contribution in [1.29, 1.82) is 5.26 Å². The van der Waals surface area contributed by atoms with Crippen molar-refractivity contribution in [3.05, 3.63) is 53.6 Å². The van der Waals surface area contributed by atoms with E-state index in [1.165, 1.54) is 11.0 Å². The third-order valence-electron chi connectivity index (χ3n) is 6.96. The molecule has 1 amide bonds. The Morgan fingerprint density at radius 1 is 1.09 bits per heavy atom. The molecule has 1 spiro atoms. The molecule has 2 aliphatic heterocycles. The Hall–Kier alpha value is -3.16. The van der Waals surface area contributed by atoms with Crippen LogP contribution in [0.25, 0.3) is 0 Å². The van der Waals surface area contributed by atoms with Crippen LogP contribution in [0.4, 0.5) is 24.5 Å². The van der Waals surface area contributed by atoms with Crippen molar-refractivity contribution in [3.63, 3.8) is 0 Å². The molecule has 182 valence electrons. The van der Waals surface area contributed by atoms with Crippen LogP contribution in [0.2, 0.25) is 0 Å². The number of halogens is 3. The van der Waals surface area contributed by atoms with E-state index in [2.05, 4.69) is 5.32 Å². The first-order valence-electron chi connectivity index (χ1n) is 11.5. The Kier molecular flexibility index (Phi) is 5.93. The lowest BCUT2D eigenvalue weighted by molar-refractivity contribution is -0.137. The summed E-state index contributed by atoms with van der Waals surface area (Å²) in [6, 6.07) is 12.2. The molecule has 6 nitrogen and oxygen atoms in total. The highest BCUT2D eigenvalue weighted by molar-refractivity contribution is 7.81. The molecule has 1 saturated carbocycles. The van der Waals surface area contributed by atoms with Crippen LogP contribution < -0.4 is 19.9 Å². The molecule has 3 fully saturated rings. The maximum atomic E-state index is 13.6. The number of carbonyl (C=O) groups is 1. The van der Waals surface area contributed by atoms with E-state index >= 15 is 0 Å². The van der Waals surface area contributed by atoms with Crippen LogP contribution in [0.3, 0.4) is 0 Å². The van der Waals surface area contributed by atoms with E-state index in [4.69, 9.17) is 22.2 Å². The number of piperidine rings is 1. The lowest BCUT2D eigenvalue weighted by Crippen LogP contribution is -2.55. The van der Waals surface area contributed by atoms with E-state index in [1.807, 2.05) is 24.3 Å². The minimum atomic E-state index is -4.73. The molecule has 0 atom stereocenters. The molecule has 10 heteroatoms. The number of hydrogen-bond acceptors (Lipinski definition) is 5. The third-order valence-corrected chi connectivity index (χ3v) is 7.33. The zero-order chi connectivity index (χ0) is 24.8. The van der Waals surface area contributed by atoms with Gasteiger partial charge in [0.05, 0.1) is 22.9 Å². The van der Waals surface area contributed by atoms with Crippen LogP contribution >= 0.6 is 12.2 Å². The van der Waals surface area contributed by atoms with Gasteiger partial charge in [-0.05, 0) is 99.9 Å². The van der Waals surface area contributed by atoms with Gasteiger partial charge in [0.1, 0.15) is 17.4 Å². The third kappa shape index (κ3) is 4.02. The van der Waals surface area contributed by atoms with Crippen LogP contribution in [0.15, 0.2) is 42.5 Å². The summed E-state index contributed by atoms with van der Waals surface area (Å²) < 4.78 is 46.8. The summed E-state index contributed by atoms with van der Waals surface area (Å²) in [5, 5.41) is 12.5. The van der Waals surface area contributed by atoms with Gasteiger partial charge < -0.3 is 15.0 Å². The number of anilines is 2. The van der Waals surface area contributed by atoms with Gasteiger partial charge in [0.15, 0.2) is 5.11 Å². The van der Waals surface area contributed by atoms with Crippen molar-refractivity contribution in [3.8, 4) is 11.8 Å². The molecule has 0 radical (unpaired) electrons. The number of alkyl halides is 3. The van der Waals surface area contributed by atoms with Gasteiger partial charge in [0, 0.05) is 5.69 Å². The number of hydrogen-bond donors (Lipinski definition) is 1. The molecule has 0 aromatic heterocycles. The summed E-state index contributed by atoms with van der Waals surface area (Å²) in [5.74, 6) is 0.375. The molecular weight excluding hydrogens is 477 g/mol. The summed E-state index contributed by atoms with van der Waals surface area (Å²) >= 11 is 5.66. The normalized spacial score (nSPS) is 20.2. The average molecular weight is 501 g/mol. The molecule has 5 rings (SSSR count). The summed E-state index contributed by atoms with van der Waals surface area (Å²) in [4.78, 5) is 16.5. The van der Waals surface area contributed by atoms with Crippen LogP contribution in [-0.4, -0.2) is 35.8 Å². The Morgan fingerprint density at radius 2 is 1.74 bits per heavy atom. The molecule has 0 unspecified atom stereocenters. The first kappa shape index (κ1) is 23.6. The second-order valence-electron chi connectivity index (χ2n) is 9.04. The number of carbonyl (C=O) groups excluding carboxylic acids is 1. The van der Waals surface area contributed by atoms with Crippen molar-refractivity contribution in [2.75, 3.05) is 22.9 Å². The molecule has 3 aliphatic rings. The molecular formula is C25H23F3N4O2S. The quantitative estimate of drug-likeness (QED) is 0.610. The lowest BCUT2D eigenvalue weighted by Gasteiger charge is -2.43. The van der Waals surface area contributed by atoms with Crippen LogP contribution in [0.1, 0.15) is 43.2 Å². The average Bonchev–Trinajstić information content (AvgIpc) is 3.06. The summed E-state index contributed by atoms with van der Waals surface area (Å²) in [6.45, 7) is 1.83. The maximum Gasteiger partial charge on any atom is 0.417 e. The minimum absolute atomic E-state index is 0.00552. The smallest absolute Gasteiger partial charge is 0.417 e. The van der Waals surface area contributed by atoms with Gasteiger partial charge in [-0.15, -0.1) is 0 Å². The number of nitrogens with one attached hydrogen (secondary N) is 1. The van der Waals surface area contributed by atoms with Crippen LogP contribution in [0.5, 0.6) is 5.75 Å². The maximum absolute atomic E-state index is 13.6. The molecule has 2 saturated heterocycles. The monoisotopic (exact) mass is 500 g/mol. The van der Waals surface area contributed by atoms with Crippen molar-refractivity contribution >= 4 is 34.6 Å². The number of benzene rings is 2. The highest BCUT2D eigenvalue weighted by Crippen LogP contribution is 2.48. The molecule has 2 heterocycles. The van der Waals surface area contributed by atoms with Crippen molar-refractivity contribution < 1.29 is 22.7 Å². The van der Waals surface area contributed by atoms with E-state index in [-0.39, 0.29) is 22.8 Å². The zero-order valence-electron chi connectivity index (χ0n) is 18.8. The minimum Gasteiger partial charge on any atom is -0.490 e. The summed E-state index contributed by atoms with van der Waals surface area (Å²) in [6.07, 6.45) is -0.815. The van der Waals surface area contributed by atoms with E-state index in [9.17, 15) is 18.0 Å². The van der Waals surface area contributed by atoms with Crippen LogP contribution in [-0.2, 0) is 11.0 Å². The van der Waals surface area contributed by atoms with Crippen molar-refractivity contribution in [2.45, 2.75) is 49.9 Å². The number of nitriles is 1. The van der Waals surface area contributed by atoms with E-state index in [0.29, 0.717) is 18.5 Å². The highest BCUT2D eigenvalue weighted by atomic mass is 32.1. The first-order chi connectivity index (χ1) is 16.7. The van der Waals surface area contributed by atoms with E-state index < -0.39 is 22.8 Å². The van der Waals surface area contributed by atoms with Gasteiger partial charge in [0.2, 0.25) is 0 Å². The standard InChI is InChI=1S/C25H23F3N4O2S/c26-25(27,28)21-14-18(3-2-16(21)15-29)31-22(33)24(10-1-11-24)32(23(31)35)17-4-6-19(7-5-17)34-20-8-12-30-13-9-20/h2-7,14,20,30H,1,8-13H2. The zero-order valence-corrected chi connectivity index (χ0v) is 19.6. The molecule has 1 N–H and O–H groups in total. The lowest BCUT2D eigenvalue weighted by atomic mass is 9.75. The van der Waals surface area contributed by atoms with E-state index in [1.54, 1.807) is 11.0 Å². The van der Waals surface area contributed by atoms with Crippen molar-refractivity contribution in [2.24, 2.45) is 0 Å². The fourth-order valence-corrected chi connectivity index (χ4v) is 5.46. The Morgan fingerprint density at radius 3 is 2.31 bits per heavy atom. The largest absolute Gasteiger partial charge is 0.490 e. The predicted octanol–water partition coefficient (Wildman–Crippen LogP) is 4.77. The Bertz CT molecular complexity index is 1200. The second-order valence-corrected chi connectivity index (χ2v) is 9.41. The topological polar surface area (TPSA) is 68.6 Å². The number of thiocarbonyl (C=S) groups is 1. The Labute approximate surface area is 206 Å². The number of rotatable bonds is 4. The highest BCUT2D eigenvalue weighted by Gasteiger charge is 2.59. The fraction of sp³-hybridized carbons (Fsp3) is 0.400. The van der Waals surface area contributed by atoms with Crippen LogP contribution in [0, 0.1) is 11.3 Å². The first-order valence-corrected chi connectivity index (χ1v) is 11.9. The summed E-state index contributed by atoms with van der Waals surface area (Å²) in [7, 11) is 0. The van der Waals surface area contributed by atoms with Gasteiger partial charge in [-0.2, -0.15) is 18.4 Å². The Balaban J connectivity index is 1.46. The number of ether oxygens (including phenoxy) is 1. The SMILES string of the molecule is N#Cc1ccc(N2C(=O)C3(CCC3)N(c3ccc(OC4CCNCC4)cc3)C2=S)cc1C(F)(F)F. The van der Waals surface area contributed by atoms with Gasteiger partial charge in [-0.3, -0.25) is 9.69 Å². The second kappa shape index (κ2) is 8.81. The molecule has 0 bridgehead atoms.